The van der Waals surface area contributed by atoms with Gasteiger partial charge in [0.1, 0.15) is 5.82 Å². The van der Waals surface area contributed by atoms with E-state index in [0.29, 0.717) is 34.0 Å². The number of carbonyl (C=O) groups excluding carboxylic acids is 2. The number of aromatic nitrogens is 2. The molecule has 238 valence electrons. The van der Waals surface area contributed by atoms with E-state index in [4.69, 9.17) is 28.2 Å². The number of amides is 2. The molecule has 1 heterocycles. The van der Waals surface area contributed by atoms with Gasteiger partial charge in [0.15, 0.2) is 0 Å². The fourth-order valence-electron chi connectivity index (χ4n) is 6.17. The van der Waals surface area contributed by atoms with Crippen molar-refractivity contribution in [1.29, 1.82) is 0 Å². The lowest BCUT2D eigenvalue weighted by Crippen LogP contribution is -2.38. The van der Waals surface area contributed by atoms with Crippen LogP contribution in [0, 0.1) is 16.7 Å². The third-order valence-corrected chi connectivity index (χ3v) is 10.4. The van der Waals surface area contributed by atoms with Crippen molar-refractivity contribution >= 4 is 51.7 Å². The van der Waals surface area contributed by atoms with E-state index in [9.17, 15) is 9.59 Å². The topological polar surface area (TPSA) is 79.3 Å². The van der Waals surface area contributed by atoms with Crippen molar-refractivity contribution < 1.29 is 9.59 Å². The molecule has 0 atom stereocenters. The molecule has 0 spiro atoms. The van der Waals surface area contributed by atoms with E-state index in [1.54, 1.807) is 0 Å². The van der Waals surface area contributed by atoms with Crippen molar-refractivity contribution in [2.45, 2.75) is 92.2 Å². The predicted molar refractivity (Wildman–Crippen MR) is 181 cm³/mol. The fourth-order valence-corrected chi connectivity index (χ4v) is 6.74. The first-order chi connectivity index (χ1) is 20.6. The van der Waals surface area contributed by atoms with E-state index in [1.807, 2.05) is 46.0 Å². The van der Waals surface area contributed by atoms with E-state index in [-0.39, 0.29) is 17.9 Å². The zero-order chi connectivity index (χ0) is 32.0. The Morgan fingerprint density at radius 3 is 2.43 bits per heavy atom. The standard InChI is InChI=1S/C35H47Cl2N5O2/c1-21-8-11-23(12-9-21)39-32(43)25-16-27-29(18-28(25)41(6)20-35(5)14-15-35)42(7)30(40-27)17-24-26(36)13-10-22(31(24)37)19-38-33(44)34(2,3)4/h10,13,16,18,21,23H,8-9,11-12,14-15,17,19-20H2,1-7H3,(H,38,44)(H,39,43). The fraction of sp³-hybridized carbons (Fsp3) is 0.571. The molecule has 0 unspecified atom stereocenters. The molecule has 7 nitrogen and oxygen atoms in total. The van der Waals surface area contributed by atoms with Crippen LogP contribution in [0.25, 0.3) is 11.0 Å². The van der Waals surface area contributed by atoms with Crippen LogP contribution >= 0.6 is 23.2 Å². The Balaban J connectivity index is 1.46. The summed E-state index contributed by atoms with van der Waals surface area (Å²) < 4.78 is 2.07. The minimum absolute atomic E-state index is 0.0300. The number of benzene rings is 2. The van der Waals surface area contributed by atoms with E-state index in [2.05, 4.69) is 47.1 Å². The molecule has 44 heavy (non-hydrogen) atoms. The smallest absolute Gasteiger partial charge is 0.253 e. The highest BCUT2D eigenvalue weighted by molar-refractivity contribution is 6.36. The summed E-state index contributed by atoms with van der Waals surface area (Å²) in [5.74, 6) is 1.44. The maximum atomic E-state index is 13.8. The molecule has 9 heteroatoms. The molecule has 2 aliphatic rings. The van der Waals surface area contributed by atoms with E-state index in [1.165, 1.54) is 12.8 Å². The monoisotopic (exact) mass is 639 g/mol. The first-order valence-electron chi connectivity index (χ1n) is 15.9. The Hall–Kier alpha value is -2.77. The number of imidazole rings is 1. The number of nitrogens with zero attached hydrogens (tertiary/aromatic N) is 3. The lowest BCUT2D eigenvalue weighted by molar-refractivity contribution is -0.128. The second-order valence-electron chi connectivity index (χ2n) is 14.7. The summed E-state index contributed by atoms with van der Waals surface area (Å²) in [7, 11) is 4.08. The molecule has 5 rings (SSSR count). The molecule has 2 fully saturated rings. The number of hydrogen-bond acceptors (Lipinski definition) is 4. The Bertz CT molecular complexity index is 1560. The third-order valence-electron chi connectivity index (χ3n) is 9.54. The Morgan fingerprint density at radius 1 is 1.11 bits per heavy atom. The van der Waals surface area contributed by atoms with Crippen LogP contribution in [0.2, 0.25) is 10.0 Å². The minimum atomic E-state index is -0.497. The van der Waals surface area contributed by atoms with Gasteiger partial charge in [0, 0.05) is 50.1 Å². The number of anilines is 1. The Labute approximate surface area is 272 Å². The zero-order valence-corrected chi connectivity index (χ0v) is 28.8. The van der Waals surface area contributed by atoms with Gasteiger partial charge in [-0.25, -0.2) is 4.98 Å². The molecule has 0 radical (unpaired) electrons. The number of halogens is 2. The van der Waals surface area contributed by atoms with Crippen LogP contribution in [0.3, 0.4) is 0 Å². The quantitative estimate of drug-likeness (QED) is 0.252. The Morgan fingerprint density at radius 2 is 1.80 bits per heavy atom. The number of nitrogens with one attached hydrogen (secondary N) is 2. The first kappa shape index (κ1) is 32.6. The van der Waals surface area contributed by atoms with Crippen molar-refractivity contribution in [3.8, 4) is 0 Å². The van der Waals surface area contributed by atoms with Gasteiger partial charge in [0.25, 0.3) is 5.91 Å². The zero-order valence-electron chi connectivity index (χ0n) is 27.2. The number of fused-ring (bicyclic) bond motifs is 1. The number of carbonyl (C=O) groups is 2. The number of hydrogen-bond donors (Lipinski definition) is 2. The van der Waals surface area contributed by atoms with Gasteiger partial charge in [-0.1, -0.05) is 63.9 Å². The summed E-state index contributed by atoms with van der Waals surface area (Å²) in [4.78, 5) is 33.5. The second-order valence-corrected chi connectivity index (χ2v) is 15.4. The van der Waals surface area contributed by atoms with Crippen molar-refractivity contribution in [3.05, 3.63) is 56.8 Å². The summed E-state index contributed by atoms with van der Waals surface area (Å²) in [6.07, 6.45) is 7.16. The maximum absolute atomic E-state index is 13.8. The van der Waals surface area contributed by atoms with Crippen LogP contribution in [0.4, 0.5) is 5.69 Å². The molecule has 2 saturated carbocycles. The summed E-state index contributed by atoms with van der Waals surface area (Å²) in [5, 5.41) is 7.39. The normalized spacial score (nSPS) is 19.6. The molecule has 0 aliphatic heterocycles. The SMILES string of the molecule is CC1CCC(NC(=O)c2cc3nc(Cc4c(Cl)ccc(CNC(=O)C(C)(C)C)c4Cl)n(C)c3cc2N(C)CC2(C)CC2)CC1. The highest BCUT2D eigenvalue weighted by atomic mass is 35.5. The van der Waals surface area contributed by atoms with Gasteiger partial charge in [-0.3, -0.25) is 9.59 Å². The molecular formula is C35H47Cl2N5O2. The van der Waals surface area contributed by atoms with Gasteiger partial charge in [0.2, 0.25) is 5.91 Å². The van der Waals surface area contributed by atoms with Crippen molar-refractivity contribution in [2.24, 2.45) is 23.8 Å². The molecule has 0 saturated heterocycles. The number of aryl methyl sites for hydroxylation is 1. The highest BCUT2D eigenvalue weighted by Crippen LogP contribution is 2.46. The van der Waals surface area contributed by atoms with Crippen LogP contribution < -0.4 is 15.5 Å². The molecule has 0 bridgehead atoms. The predicted octanol–water partition coefficient (Wildman–Crippen LogP) is 7.68. The average Bonchev–Trinajstić information content (AvgIpc) is 3.61. The minimum Gasteiger partial charge on any atom is -0.373 e. The molecule has 2 amide bonds. The van der Waals surface area contributed by atoms with Crippen LogP contribution in [-0.2, 0) is 24.8 Å². The highest BCUT2D eigenvalue weighted by Gasteiger charge is 2.39. The largest absolute Gasteiger partial charge is 0.373 e. The summed E-state index contributed by atoms with van der Waals surface area (Å²) in [6, 6.07) is 7.94. The van der Waals surface area contributed by atoms with Crippen LogP contribution in [0.15, 0.2) is 24.3 Å². The van der Waals surface area contributed by atoms with E-state index in [0.717, 1.165) is 71.8 Å². The van der Waals surface area contributed by atoms with Gasteiger partial charge < -0.3 is 20.1 Å². The average molecular weight is 641 g/mol. The molecular weight excluding hydrogens is 593 g/mol. The molecule has 2 aliphatic carbocycles. The van der Waals surface area contributed by atoms with Gasteiger partial charge in [-0.05, 0) is 79.2 Å². The number of rotatable bonds is 9. The first-order valence-corrected chi connectivity index (χ1v) is 16.7. The molecule has 2 aromatic carbocycles. The van der Waals surface area contributed by atoms with Gasteiger partial charge in [-0.2, -0.15) is 0 Å². The van der Waals surface area contributed by atoms with Gasteiger partial charge >= 0.3 is 0 Å². The van der Waals surface area contributed by atoms with Crippen LogP contribution in [-0.4, -0.2) is 41.0 Å². The lowest BCUT2D eigenvalue weighted by Gasteiger charge is -2.29. The molecule has 1 aromatic heterocycles. The summed E-state index contributed by atoms with van der Waals surface area (Å²) in [5.41, 5.74) is 4.66. The van der Waals surface area contributed by atoms with Crippen molar-refractivity contribution in [3.63, 3.8) is 0 Å². The van der Waals surface area contributed by atoms with Gasteiger partial charge in [-0.15, -0.1) is 0 Å². The summed E-state index contributed by atoms with van der Waals surface area (Å²) in [6.45, 7) is 11.4. The lowest BCUT2D eigenvalue weighted by atomic mass is 9.87. The Kier molecular flexibility index (Phi) is 9.31. The van der Waals surface area contributed by atoms with Gasteiger partial charge in [0.05, 0.1) is 27.3 Å². The molecule has 3 aromatic rings. The van der Waals surface area contributed by atoms with Crippen LogP contribution in [0.5, 0.6) is 0 Å². The maximum Gasteiger partial charge on any atom is 0.253 e. The van der Waals surface area contributed by atoms with E-state index >= 15 is 0 Å². The second kappa shape index (κ2) is 12.6. The van der Waals surface area contributed by atoms with Crippen LogP contribution in [0.1, 0.15) is 100 Å². The molecule has 2 N–H and O–H groups in total. The third kappa shape index (κ3) is 7.20. The summed E-state index contributed by atoms with van der Waals surface area (Å²) >= 11 is 13.6. The van der Waals surface area contributed by atoms with E-state index < -0.39 is 5.41 Å². The van der Waals surface area contributed by atoms with Crippen molar-refractivity contribution in [2.75, 3.05) is 18.5 Å². The van der Waals surface area contributed by atoms with Crippen molar-refractivity contribution in [1.82, 2.24) is 20.2 Å².